The van der Waals surface area contributed by atoms with Crippen molar-refractivity contribution in [2.24, 2.45) is 0 Å². The van der Waals surface area contributed by atoms with Crippen molar-refractivity contribution in [2.45, 2.75) is 0 Å². The van der Waals surface area contributed by atoms with Crippen LogP contribution in [-0.4, -0.2) is 9.13 Å². The minimum atomic E-state index is 0.825. The third kappa shape index (κ3) is 11.6. The van der Waals surface area contributed by atoms with E-state index in [0.717, 1.165) is 172 Å². The molecular formula is C116H74N4O2. The van der Waals surface area contributed by atoms with Crippen LogP contribution in [0.3, 0.4) is 0 Å². The lowest BCUT2D eigenvalue weighted by molar-refractivity contribution is 0.668. The second-order valence-corrected chi connectivity index (χ2v) is 31.7. The second-order valence-electron chi connectivity index (χ2n) is 31.7. The van der Waals surface area contributed by atoms with Gasteiger partial charge in [0.15, 0.2) is 0 Å². The zero-order valence-electron chi connectivity index (χ0n) is 66.3. The minimum absolute atomic E-state index is 0.825. The van der Waals surface area contributed by atoms with Crippen molar-refractivity contribution in [3.05, 3.63) is 449 Å². The molecule has 0 fully saturated rings. The van der Waals surface area contributed by atoms with Crippen LogP contribution < -0.4 is 9.80 Å². The fraction of sp³-hybridized carbons (Fsp3) is 0. The maximum atomic E-state index is 7.06. The molecule has 24 aromatic rings. The predicted octanol–water partition coefficient (Wildman–Crippen LogP) is 32.6. The fourth-order valence-electron chi connectivity index (χ4n) is 19.4. The molecule has 0 radical (unpaired) electrons. The lowest BCUT2D eigenvalue weighted by Crippen LogP contribution is -2.11. The average Bonchev–Trinajstić information content (AvgIpc) is 1.63. The van der Waals surface area contributed by atoms with Gasteiger partial charge in [0.2, 0.25) is 0 Å². The first-order valence-electron chi connectivity index (χ1n) is 41.8. The number of para-hydroxylation sites is 7. The summed E-state index contributed by atoms with van der Waals surface area (Å²) >= 11 is 0. The van der Waals surface area contributed by atoms with Crippen LogP contribution in [0.5, 0.6) is 0 Å². The molecule has 0 unspecified atom stereocenters. The number of furan rings is 2. The van der Waals surface area contributed by atoms with E-state index < -0.39 is 0 Å². The van der Waals surface area contributed by atoms with E-state index in [2.05, 4.69) is 462 Å². The third-order valence-electron chi connectivity index (χ3n) is 25.0. The van der Waals surface area contributed by atoms with Crippen LogP contribution in [0, 0.1) is 0 Å². The number of hydrogen-bond donors (Lipinski definition) is 0. The maximum Gasteiger partial charge on any atom is 0.136 e. The summed E-state index contributed by atoms with van der Waals surface area (Å²) < 4.78 is 18.4. The van der Waals surface area contributed by atoms with E-state index in [9.17, 15) is 0 Å². The molecule has 6 nitrogen and oxygen atoms in total. The summed E-state index contributed by atoms with van der Waals surface area (Å²) in [6.45, 7) is 0. The molecule has 4 heterocycles. The predicted molar refractivity (Wildman–Crippen MR) is 512 cm³/mol. The Kier molecular flexibility index (Phi) is 16.5. The van der Waals surface area contributed by atoms with Crippen LogP contribution in [0.1, 0.15) is 0 Å². The summed E-state index contributed by atoms with van der Waals surface area (Å²) in [6, 6.07) is 163. The number of anilines is 6. The van der Waals surface area contributed by atoms with Crippen molar-refractivity contribution in [2.75, 3.05) is 9.80 Å². The first-order valence-corrected chi connectivity index (χ1v) is 41.8. The number of rotatable bonds is 15. The van der Waals surface area contributed by atoms with Crippen molar-refractivity contribution in [1.82, 2.24) is 9.13 Å². The Morgan fingerprint density at radius 3 is 1.02 bits per heavy atom. The average molecular weight is 1560 g/mol. The van der Waals surface area contributed by atoms with Gasteiger partial charge < -0.3 is 27.8 Å². The molecule has 0 aliphatic carbocycles. The van der Waals surface area contributed by atoms with Crippen molar-refractivity contribution >= 4 is 143 Å². The molecule has 0 aliphatic heterocycles. The van der Waals surface area contributed by atoms with Gasteiger partial charge in [-0.05, 0) is 228 Å². The van der Waals surface area contributed by atoms with Gasteiger partial charge in [0.1, 0.15) is 22.3 Å². The van der Waals surface area contributed by atoms with E-state index in [1.54, 1.807) is 0 Å². The lowest BCUT2D eigenvalue weighted by atomic mass is 9.92. The topological polar surface area (TPSA) is 42.6 Å². The van der Waals surface area contributed by atoms with Crippen LogP contribution in [-0.2, 0) is 0 Å². The highest BCUT2D eigenvalue weighted by molar-refractivity contribution is 6.18. The van der Waals surface area contributed by atoms with Gasteiger partial charge in [-0.2, -0.15) is 0 Å². The Morgan fingerprint density at radius 1 is 0.172 bits per heavy atom. The van der Waals surface area contributed by atoms with E-state index in [4.69, 9.17) is 8.83 Å². The molecule has 0 amide bonds. The first-order chi connectivity index (χ1) is 60.5. The van der Waals surface area contributed by atoms with Crippen molar-refractivity contribution in [1.29, 1.82) is 0 Å². The van der Waals surface area contributed by atoms with Crippen LogP contribution in [0.2, 0.25) is 0 Å². The molecule has 24 rings (SSSR count). The van der Waals surface area contributed by atoms with Gasteiger partial charge in [0, 0.05) is 88.3 Å². The summed E-state index contributed by atoms with van der Waals surface area (Å²) in [7, 11) is 0. The van der Waals surface area contributed by atoms with Crippen molar-refractivity contribution in [3.8, 4) is 89.3 Å². The zero-order chi connectivity index (χ0) is 80.3. The molecule has 0 saturated heterocycles. The monoisotopic (exact) mass is 1550 g/mol. The van der Waals surface area contributed by atoms with Gasteiger partial charge in [-0.25, -0.2) is 0 Å². The van der Waals surface area contributed by atoms with E-state index in [0.29, 0.717) is 0 Å². The Morgan fingerprint density at radius 2 is 0.500 bits per heavy atom. The molecule has 6 heteroatoms. The molecule has 4 aromatic heterocycles. The molecule has 570 valence electrons. The van der Waals surface area contributed by atoms with Crippen LogP contribution in [0.25, 0.3) is 198 Å². The molecule has 122 heavy (non-hydrogen) atoms. The van der Waals surface area contributed by atoms with Crippen molar-refractivity contribution in [3.63, 3.8) is 0 Å². The van der Waals surface area contributed by atoms with Gasteiger partial charge in [0.25, 0.3) is 0 Å². The lowest BCUT2D eigenvalue weighted by Gasteiger charge is -2.28. The Bertz CT molecular complexity index is 8140. The van der Waals surface area contributed by atoms with Crippen molar-refractivity contribution < 1.29 is 8.83 Å². The number of aromatic nitrogens is 2. The Hall–Kier alpha value is -16.3. The largest absolute Gasteiger partial charge is 0.456 e. The molecule has 0 spiro atoms. The molecule has 0 bridgehead atoms. The number of benzene rings is 20. The van der Waals surface area contributed by atoms with Crippen LogP contribution >= 0.6 is 0 Å². The highest BCUT2D eigenvalue weighted by Gasteiger charge is 2.26. The molecule has 0 aliphatic rings. The van der Waals surface area contributed by atoms with Crippen LogP contribution in [0.15, 0.2) is 458 Å². The summed E-state index contributed by atoms with van der Waals surface area (Å²) in [5.74, 6) is 0. The normalized spacial score (nSPS) is 11.8. The summed E-state index contributed by atoms with van der Waals surface area (Å²) in [6.07, 6.45) is 0. The first kappa shape index (κ1) is 70.0. The van der Waals surface area contributed by atoms with Gasteiger partial charge in [-0.15, -0.1) is 0 Å². The van der Waals surface area contributed by atoms with Gasteiger partial charge in [-0.3, -0.25) is 0 Å². The molecule has 0 saturated carbocycles. The smallest absolute Gasteiger partial charge is 0.136 e. The van der Waals surface area contributed by atoms with E-state index in [1.807, 2.05) is 6.07 Å². The number of hydrogen-bond acceptors (Lipinski definition) is 4. The molecule has 0 N–H and O–H groups in total. The van der Waals surface area contributed by atoms with Crippen LogP contribution in [0.4, 0.5) is 34.1 Å². The third-order valence-corrected chi connectivity index (χ3v) is 25.0. The highest BCUT2D eigenvalue weighted by Crippen LogP contribution is 2.50. The molecular weight excluding hydrogens is 1480 g/mol. The van der Waals surface area contributed by atoms with E-state index in [1.165, 1.54) is 59.9 Å². The standard InChI is InChI=1S/C116H74N4O2/c1-2-27-89-78(23-1)24-18-35-90(89)79-57-68-85(69-58-79)118(84-64-55-77(56-65-84)81-25-17-26-88(73-81)120-109-46-14-5-30-97(109)98-31-6-15-47-110(98)120)106-43-11-8-33-100(106)102-41-22-50-113-116(102)104-72-61-82(74-114(104)122-113)92-37-20-38-93-91(36-19-39-94(92)93)80-59-70-86(71-60-80)117(105-42-10-7-32-99(105)101-40-21-49-112-115(101)103-34-9-16-48-111(103)121-112)83-62-51-75(52-63-83)76-53-66-87(67-54-76)119-107-44-12-3-28-95(107)96-29-4-13-45-108(96)119/h1-74H. The fourth-order valence-corrected chi connectivity index (χ4v) is 19.4. The minimum Gasteiger partial charge on any atom is -0.456 e. The molecule has 20 aromatic carbocycles. The second kappa shape index (κ2) is 28.8. The Balaban J connectivity index is 0.572. The summed E-state index contributed by atoms with van der Waals surface area (Å²) in [5.41, 5.74) is 32.4. The summed E-state index contributed by atoms with van der Waals surface area (Å²) in [4.78, 5) is 4.82. The Labute approximate surface area is 704 Å². The summed E-state index contributed by atoms with van der Waals surface area (Å²) in [5, 5.41) is 14.1. The SMILES string of the molecule is c1cc(-c2ccc(N(c3ccc(-c4cccc5ccccc45)cc3)c3ccccc3-c3cccc4oc5cc(-c6cccc7c(-c8ccc(N(c9ccc(-c%10ccc(-n%11c%12ccccc%12c%12ccccc%12%11)cc%10)cc9)c9ccccc9-c9cccc%10oc%11ccccc%11c9%10)cc8)cccc67)ccc5c34)cc2)cc(-n2c3ccccc3c3ccccc32)c1. The highest BCUT2D eigenvalue weighted by atomic mass is 16.3. The molecule has 0 atom stereocenters. The van der Waals surface area contributed by atoms with E-state index in [-0.39, 0.29) is 0 Å². The van der Waals surface area contributed by atoms with Gasteiger partial charge in [0.05, 0.1) is 33.4 Å². The number of fused-ring (bicyclic) bond motifs is 14. The quantitative estimate of drug-likeness (QED) is 0.103. The van der Waals surface area contributed by atoms with E-state index >= 15 is 0 Å². The van der Waals surface area contributed by atoms with Gasteiger partial charge >= 0.3 is 0 Å². The zero-order valence-corrected chi connectivity index (χ0v) is 66.3. The van der Waals surface area contributed by atoms with Gasteiger partial charge in [-0.1, -0.05) is 309 Å². The maximum absolute atomic E-state index is 7.06. The number of nitrogens with zero attached hydrogens (tertiary/aromatic N) is 4.